The van der Waals surface area contributed by atoms with Gasteiger partial charge in [-0.3, -0.25) is 0 Å². The van der Waals surface area contributed by atoms with Crippen molar-refractivity contribution in [2.75, 3.05) is 0 Å². The topological polar surface area (TPSA) is 22.1 Å². The number of unbranched alkanes of at least 4 members (excludes halogenated alkanes) is 2. The van der Waals surface area contributed by atoms with Crippen LogP contribution in [0.3, 0.4) is 0 Å². The molecule has 118 valence electrons. The maximum absolute atomic E-state index is 6.48. The predicted molar refractivity (Wildman–Crippen MR) is 96.0 cm³/mol. The van der Waals surface area contributed by atoms with E-state index in [1.54, 1.807) is 11.8 Å². The Labute approximate surface area is 135 Å². The third-order valence-corrected chi connectivity index (χ3v) is 9.27. The van der Waals surface area contributed by atoms with Crippen molar-refractivity contribution >= 4 is 20.1 Å². The first-order valence-corrected chi connectivity index (χ1v) is 11.5. The molecule has 4 heteroatoms. The quantitative estimate of drug-likeness (QED) is 0.257. The average Bonchev–Trinajstić information content (AvgIpc) is 2.38. The van der Waals surface area contributed by atoms with Gasteiger partial charge in [0.25, 0.3) is 8.32 Å². The van der Waals surface area contributed by atoms with Gasteiger partial charge >= 0.3 is 0 Å². The summed E-state index contributed by atoms with van der Waals surface area (Å²) in [6.45, 7) is 13.6. The summed E-state index contributed by atoms with van der Waals surface area (Å²) in [5.41, 5.74) is 0. The highest BCUT2D eigenvalue weighted by Crippen LogP contribution is 2.40. The number of hydrogen-bond donors (Lipinski definition) is 0. The van der Waals surface area contributed by atoms with Crippen LogP contribution in [0.25, 0.3) is 0 Å². The van der Waals surface area contributed by atoms with Gasteiger partial charge in [-0.05, 0) is 60.9 Å². The van der Waals surface area contributed by atoms with Crippen molar-refractivity contribution in [2.45, 2.75) is 70.1 Å². The molecular formula is C17H29NOSSi. The van der Waals surface area contributed by atoms with Gasteiger partial charge in [-0.15, -0.1) is 0 Å². The second-order valence-corrected chi connectivity index (χ2v) is 12.5. The number of nitrogens with zero attached hydrogens (tertiary/aromatic N) is 1. The van der Waals surface area contributed by atoms with Gasteiger partial charge in [-0.25, -0.2) is 4.98 Å². The van der Waals surface area contributed by atoms with Gasteiger partial charge in [0.1, 0.15) is 10.1 Å². The summed E-state index contributed by atoms with van der Waals surface area (Å²) in [6.07, 6.45) is 7.55. The molecule has 1 aromatic rings. The lowest BCUT2D eigenvalue weighted by Crippen LogP contribution is -2.40. The van der Waals surface area contributed by atoms with Gasteiger partial charge in [-0.2, -0.15) is 0 Å². The van der Waals surface area contributed by atoms with Crippen molar-refractivity contribution in [3.05, 3.63) is 35.6 Å². The fourth-order valence-corrected chi connectivity index (χ4v) is 3.79. The van der Waals surface area contributed by atoms with E-state index < -0.39 is 8.32 Å². The summed E-state index contributed by atoms with van der Waals surface area (Å²) in [7, 11) is -1.80. The van der Waals surface area contributed by atoms with E-state index in [-0.39, 0.29) is 5.04 Å². The maximum Gasteiger partial charge on any atom is 0.251 e. The number of hydrogen-bond acceptors (Lipinski definition) is 3. The second-order valence-electron chi connectivity index (χ2n) is 6.80. The molecule has 0 aromatic carbocycles. The Hall–Kier alpha value is -0.743. The van der Waals surface area contributed by atoms with Crippen LogP contribution in [0.5, 0.6) is 0 Å². The molecule has 0 fully saturated rings. The van der Waals surface area contributed by atoms with E-state index in [0.29, 0.717) is 0 Å². The summed E-state index contributed by atoms with van der Waals surface area (Å²) in [4.78, 5) is 4.40. The Morgan fingerprint density at radius 3 is 2.57 bits per heavy atom. The van der Waals surface area contributed by atoms with Crippen LogP contribution in [-0.2, 0) is 4.43 Å². The van der Waals surface area contributed by atoms with E-state index in [2.05, 4.69) is 51.8 Å². The van der Waals surface area contributed by atoms with Crippen LogP contribution in [0.4, 0.5) is 0 Å². The van der Waals surface area contributed by atoms with Crippen molar-refractivity contribution in [1.29, 1.82) is 0 Å². The number of thioether (sulfide) groups is 1. The Morgan fingerprint density at radius 1 is 1.33 bits per heavy atom. The SMILES string of the molecule is CCCC/C=C(\O[Si](C)(C)C(C)(C)C)Sc1ccccn1. The van der Waals surface area contributed by atoms with Crippen molar-refractivity contribution < 1.29 is 4.43 Å². The van der Waals surface area contributed by atoms with Gasteiger partial charge in [0.15, 0.2) is 0 Å². The Kier molecular flexibility index (Phi) is 7.01. The van der Waals surface area contributed by atoms with Gasteiger partial charge in [0.2, 0.25) is 0 Å². The zero-order valence-corrected chi connectivity index (χ0v) is 16.1. The van der Waals surface area contributed by atoms with Gasteiger partial charge in [0.05, 0.1) is 0 Å². The monoisotopic (exact) mass is 323 g/mol. The van der Waals surface area contributed by atoms with E-state index in [1.807, 2.05) is 24.4 Å². The molecule has 0 aliphatic rings. The minimum absolute atomic E-state index is 0.210. The van der Waals surface area contributed by atoms with Gasteiger partial charge < -0.3 is 4.43 Å². The highest BCUT2D eigenvalue weighted by molar-refractivity contribution is 8.02. The molecule has 0 atom stereocenters. The molecule has 0 saturated carbocycles. The Bertz CT molecular complexity index is 452. The molecule has 0 N–H and O–H groups in total. The van der Waals surface area contributed by atoms with Crippen LogP contribution in [0.2, 0.25) is 18.1 Å². The fraction of sp³-hybridized carbons (Fsp3) is 0.588. The Balaban J connectivity index is 2.85. The molecular weight excluding hydrogens is 294 g/mol. The second kappa shape index (κ2) is 8.04. The molecule has 0 spiro atoms. The zero-order valence-electron chi connectivity index (χ0n) is 14.3. The maximum atomic E-state index is 6.48. The van der Waals surface area contributed by atoms with E-state index in [1.165, 1.54) is 12.8 Å². The van der Waals surface area contributed by atoms with Crippen molar-refractivity contribution in [1.82, 2.24) is 4.98 Å². The average molecular weight is 324 g/mol. The van der Waals surface area contributed by atoms with Crippen LogP contribution in [-0.4, -0.2) is 13.3 Å². The first kappa shape index (κ1) is 18.3. The molecule has 0 aliphatic carbocycles. The summed E-state index contributed by atoms with van der Waals surface area (Å²) >= 11 is 1.64. The smallest absolute Gasteiger partial charge is 0.251 e. The summed E-state index contributed by atoms with van der Waals surface area (Å²) in [5.74, 6) is 0. The normalized spacial score (nSPS) is 13.3. The summed E-state index contributed by atoms with van der Waals surface area (Å²) < 4.78 is 6.48. The number of allylic oxidation sites excluding steroid dienone is 1. The first-order valence-electron chi connectivity index (χ1n) is 7.74. The molecule has 0 radical (unpaired) electrons. The molecule has 1 rings (SSSR count). The fourth-order valence-electron chi connectivity index (χ4n) is 1.44. The van der Waals surface area contributed by atoms with Gasteiger partial charge in [-0.1, -0.05) is 40.2 Å². The van der Waals surface area contributed by atoms with Crippen LogP contribution in [0.15, 0.2) is 40.6 Å². The van der Waals surface area contributed by atoms with Crippen molar-refractivity contribution in [2.24, 2.45) is 0 Å². The van der Waals surface area contributed by atoms with Crippen LogP contribution < -0.4 is 0 Å². The van der Waals surface area contributed by atoms with E-state index in [4.69, 9.17) is 4.43 Å². The zero-order chi connectivity index (χ0) is 15.9. The third kappa shape index (κ3) is 6.26. The molecule has 0 aliphatic heterocycles. The highest BCUT2D eigenvalue weighted by atomic mass is 32.2. The van der Waals surface area contributed by atoms with E-state index in [9.17, 15) is 0 Å². The summed E-state index contributed by atoms with van der Waals surface area (Å²) in [6, 6.07) is 6.00. The molecule has 0 bridgehead atoms. The molecule has 21 heavy (non-hydrogen) atoms. The molecule has 0 saturated heterocycles. The lowest BCUT2D eigenvalue weighted by molar-refractivity contribution is 0.415. The van der Waals surface area contributed by atoms with E-state index in [0.717, 1.165) is 16.5 Å². The largest absolute Gasteiger partial charge is 0.539 e. The molecule has 1 aromatic heterocycles. The van der Waals surface area contributed by atoms with Crippen molar-refractivity contribution in [3.63, 3.8) is 0 Å². The number of rotatable bonds is 7. The van der Waals surface area contributed by atoms with Crippen LogP contribution in [0.1, 0.15) is 47.0 Å². The lowest BCUT2D eigenvalue weighted by atomic mass is 10.2. The number of pyridine rings is 1. The molecule has 1 heterocycles. The number of aromatic nitrogens is 1. The van der Waals surface area contributed by atoms with Crippen LogP contribution >= 0.6 is 11.8 Å². The lowest BCUT2D eigenvalue weighted by Gasteiger charge is -2.37. The minimum Gasteiger partial charge on any atom is -0.539 e. The molecule has 0 unspecified atom stereocenters. The van der Waals surface area contributed by atoms with Crippen LogP contribution in [0, 0.1) is 0 Å². The third-order valence-electron chi connectivity index (χ3n) is 3.87. The molecule has 0 amide bonds. The predicted octanol–water partition coefficient (Wildman–Crippen LogP) is 6.23. The van der Waals surface area contributed by atoms with Crippen molar-refractivity contribution in [3.8, 4) is 0 Å². The molecule has 2 nitrogen and oxygen atoms in total. The Morgan fingerprint density at radius 2 is 2.05 bits per heavy atom. The van der Waals surface area contributed by atoms with E-state index >= 15 is 0 Å². The standard InChI is InChI=1S/C17H29NOSSi/c1-7-8-9-13-16(19-21(5,6)17(2,3)4)20-15-12-10-11-14-18-15/h10-14H,7-9H2,1-6H3/b16-13+. The minimum atomic E-state index is -1.80. The highest BCUT2D eigenvalue weighted by Gasteiger charge is 2.39. The van der Waals surface area contributed by atoms with Gasteiger partial charge in [0, 0.05) is 6.20 Å². The summed E-state index contributed by atoms with van der Waals surface area (Å²) in [5, 5.41) is 2.23. The first-order chi connectivity index (χ1) is 9.76.